The quantitative estimate of drug-likeness (QED) is 0.533. The van der Waals surface area contributed by atoms with Gasteiger partial charge >= 0.3 is 0 Å². The molecule has 0 aromatic carbocycles. The number of rotatable bonds is 7. The minimum atomic E-state index is 0.554. The van der Waals surface area contributed by atoms with E-state index in [0.29, 0.717) is 19.8 Å². The van der Waals surface area contributed by atoms with Gasteiger partial charge in [0.05, 0.1) is 18.9 Å². The van der Waals surface area contributed by atoms with Crippen LogP contribution in [-0.4, -0.2) is 30.1 Å². The molecule has 0 fully saturated rings. The summed E-state index contributed by atoms with van der Waals surface area (Å²) < 4.78 is 6.69. The van der Waals surface area contributed by atoms with E-state index in [9.17, 15) is 0 Å². The van der Waals surface area contributed by atoms with Crippen molar-refractivity contribution < 1.29 is 9.57 Å². The van der Waals surface area contributed by atoms with Crippen LogP contribution < -0.4 is 5.48 Å². The van der Waals surface area contributed by atoms with Crippen LogP contribution in [0, 0.1) is 0 Å². The third-order valence-corrected chi connectivity index (χ3v) is 2.08. The van der Waals surface area contributed by atoms with Gasteiger partial charge in [-0.05, 0) is 6.42 Å². The molecule has 5 heteroatoms. The molecule has 1 heterocycles. The normalized spacial score (nSPS) is 10.9. The second-order valence-electron chi connectivity index (χ2n) is 3.29. The summed E-state index contributed by atoms with van der Waals surface area (Å²) in [6, 6.07) is 0. The fourth-order valence-electron chi connectivity index (χ4n) is 1.35. The number of ether oxygens (including phenoxy) is 1. The molecule has 0 bridgehead atoms. The predicted octanol–water partition coefficient (Wildman–Crippen LogP) is 0.650. The largest absolute Gasteiger partial charge is 0.382 e. The van der Waals surface area contributed by atoms with Crippen LogP contribution in [0.15, 0.2) is 6.20 Å². The maximum absolute atomic E-state index is 5.17. The van der Waals surface area contributed by atoms with Crippen molar-refractivity contribution in [3.8, 4) is 0 Å². The van der Waals surface area contributed by atoms with Gasteiger partial charge in [0.15, 0.2) is 0 Å². The molecule has 0 saturated heterocycles. The number of hydroxylamine groups is 1. The van der Waals surface area contributed by atoms with Crippen LogP contribution >= 0.6 is 0 Å². The highest BCUT2D eigenvalue weighted by Crippen LogP contribution is 2.06. The molecular weight excluding hydrogens is 194 g/mol. The second kappa shape index (κ2) is 6.55. The highest BCUT2D eigenvalue weighted by molar-refractivity contribution is 5.16. The molecule has 0 spiro atoms. The predicted molar refractivity (Wildman–Crippen MR) is 57.3 cm³/mol. The zero-order valence-electron chi connectivity index (χ0n) is 9.62. The van der Waals surface area contributed by atoms with E-state index in [1.165, 1.54) is 5.56 Å². The van der Waals surface area contributed by atoms with Crippen LogP contribution in [0.4, 0.5) is 0 Å². The maximum Gasteiger partial charge on any atom is 0.0916 e. The molecule has 0 saturated carbocycles. The first kappa shape index (κ1) is 12.2. The van der Waals surface area contributed by atoms with E-state index in [4.69, 9.17) is 9.57 Å². The highest BCUT2D eigenvalue weighted by atomic mass is 16.7. The van der Waals surface area contributed by atoms with E-state index in [1.807, 2.05) is 17.9 Å². The highest BCUT2D eigenvalue weighted by Gasteiger charge is 2.04. The molecule has 0 radical (unpaired) electrons. The number of hydrogen-bond acceptors (Lipinski definition) is 4. The Bertz CT molecular complexity index is 286. The Balaban J connectivity index is 2.30. The van der Waals surface area contributed by atoms with Crippen LogP contribution in [-0.2, 0) is 29.6 Å². The number of methoxy groups -OCH3 is 1. The van der Waals surface area contributed by atoms with Crippen LogP contribution in [0.25, 0.3) is 0 Å². The minimum absolute atomic E-state index is 0.554. The topological polar surface area (TPSA) is 48.3 Å². The number of aryl methyl sites for hydroxylation is 2. The molecule has 0 amide bonds. The van der Waals surface area contributed by atoms with Gasteiger partial charge in [-0.2, -0.15) is 10.6 Å². The first-order valence-electron chi connectivity index (χ1n) is 5.13. The Labute approximate surface area is 90.3 Å². The molecule has 1 aromatic heterocycles. The minimum Gasteiger partial charge on any atom is -0.382 e. The van der Waals surface area contributed by atoms with Crippen molar-refractivity contribution in [1.29, 1.82) is 0 Å². The molecule has 0 atom stereocenters. The lowest BCUT2D eigenvalue weighted by atomic mass is 10.2. The summed E-state index contributed by atoms with van der Waals surface area (Å²) in [5.41, 5.74) is 5.18. The van der Waals surface area contributed by atoms with E-state index < -0.39 is 0 Å². The SMILES string of the molecule is CCc1nn(C)cc1CNOCCOC. The molecule has 0 aliphatic carbocycles. The molecule has 0 unspecified atom stereocenters. The zero-order valence-corrected chi connectivity index (χ0v) is 9.62. The van der Waals surface area contributed by atoms with Gasteiger partial charge in [-0.25, -0.2) is 0 Å². The summed E-state index contributed by atoms with van der Waals surface area (Å²) >= 11 is 0. The first-order chi connectivity index (χ1) is 7.27. The second-order valence-corrected chi connectivity index (χ2v) is 3.29. The van der Waals surface area contributed by atoms with Crippen molar-refractivity contribution in [1.82, 2.24) is 15.3 Å². The smallest absolute Gasteiger partial charge is 0.0916 e. The fraction of sp³-hybridized carbons (Fsp3) is 0.700. The van der Waals surface area contributed by atoms with Gasteiger partial charge in [0.25, 0.3) is 0 Å². The molecule has 1 rings (SSSR count). The van der Waals surface area contributed by atoms with E-state index in [0.717, 1.165) is 12.1 Å². The summed E-state index contributed by atoms with van der Waals surface area (Å²) in [7, 11) is 3.58. The van der Waals surface area contributed by atoms with Gasteiger partial charge in [0.1, 0.15) is 0 Å². The van der Waals surface area contributed by atoms with Crippen molar-refractivity contribution in [3.05, 3.63) is 17.5 Å². The van der Waals surface area contributed by atoms with Crippen LogP contribution in [0.2, 0.25) is 0 Å². The number of nitrogens with one attached hydrogen (secondary N) is 1. The van der Waals surface area contributed by atoms with Crippen molar-refractivity contribution in [2.24, 2.45) is 7.05 Å². The van der Waals surface area contributed by atoms with E-state index in [-0.39, 0.29) is 0 Å². The fourth-order valence-corrected chi connectivity index (χ4v) is 1.35. The molecule has 0 aliphatic heterocycles. The summed E-state index contributed by atoms with van der Waals surface area (Å²) in [6.07, 6.45) is 2.95. The van der Waals surface area contributed by atoms with Gasteiger partial charge < -0.3 is 4.74 Å². The molecule has 1 aromatic rings. The average Bonchev–Trinajstić information content (AvgIpc) is 2.59. The summed E-state index contributed by atoms with van der Waals surface area (Å²) in [6.45, 7) is 3.93. The number of aromatic nitrogens is 2. The Kier molecular flexibility index (Phi) is 5.31. The third-order valence-electron chi connectivity index (χ3n) is 2.08. The summed E-state index contributed by atoms with van der Waals surface area (Å²) in [4.78, 5) is 5.17. The molecular formula is C10H19N3O2. The molecule has 0 aliphatic rings. The zero-order chi connectivity index (χ0) is 11.1. The third kappa shape index (κ3) is 3.99. The lowest BCUT2D eigenvalue weighted by molar-refractivity contribution is 0.00337. The molecule has 1 N–H and O–H groups in total. The van der Waals surface area contributed by atoms with E-state index >= 15 is 0 Å². The Morgan fingerprint density at radius 1 is 1.47 bits per heavy atom. The monoisotopic (exact) mass is 213 g/mol. The lowest BCUT2D eigenvalue weighted by Gasteiger charge is -2.04. The first-order valence-corrected chi connectivity index (χ1v) is 5.13. The van der Waals surface area contributed by atoms with Gasteiger partial charge in [-0.15, -0.1) is 0 Å². The van der Waals surface area contributed by atoms with Gasteiger partial charge in [-0.1, -0.05) is 6.92 Å². The number of nitrogens with zero attached hydrogens (tertiary/aromatic N) is 2. The van der Waals surface area contributed by atoms with Crippen molar-refractivity contribution >= 4 is 0 Å². The Hall–Kier alpha value is -0.910. The summed E-state index contributed by atoms with van der Waals surface area (Å²) in [5, 5.41) is 4.34. The lowest BCUT2D eigenvalue weighted by Crippen LogP contribution is -2.17. The van der Waals surface area contributed by atoms with Gasteiger partial charge in [-0.3, -0.25) is 9.52 Å². The molecule has 15 heavy (non-hydrogen) atoms. The number of hydrogen-bond donors (Lipinski definition) is 1. The van der Waals surface area contributed by atoms with Crippen LogP contribution in [0.5, 0.6) is 0 Å². The van der Waals surface area contributed by atoms with E-state index in [1.54, 1.807) is 7.11 Å². The summed E-state index contributed by atoms with van der Waals surface area (Å²) in [5.74, 6) is 0. The standard InChI is InChI=1S/C10H19N3O2/c1-4-10-9(8-13(2)12-10)7-11-15-6-5-14-3/h8,11H,4-7H2,1-3H3. The average molecular weight is 213 g/mol. The van der Waals surface area contributed by atoms with Gasteiger partial charge in [0, 0.05) is 32.5 Å². The Morgan fingerprint density at radius 3 is 2.93 bits per heavy atom. The maximum atomic E-state index is 5.17. The van der Waals surface area contributed by atoms with Crippen LogP contribution in [0.3, 0.4) is 0 Å². The van der Waals surface area contributed by atoms with Gasteiger partial charge in [0.2, 0.25) is 0 Å². The van der Waals surface area contributed by atoms with Crippen molar-refractivity contribution in [3.63, 3.8) is 0 Å². The molecule has 5 nitrogen and oxygen atoms in total. The van der Waals surface area contributed by atoms with Crippen molar-refractivity contribution in [2.45, 2.75) is 19.9 Å². The molecule has 86 valence electrons. The van der Waals surface area contributed by atoms with Crippen LogP contribution in [0.1, 0.15) is 18.2 Å². The Morgan fingerprint density at radius 2 is 2.27 bits per heavy atom. The van der Waals surface area contributed by atoms with E-state index in [2.05, 4.69) is 17.5 Å². The van der Waals surface area contributed by atoms with Crippen molar-refractivity contribution in [2.75, 3.05) is 20.3 Å².